The molecule has 0 aliphatic heterocycles. The Kier molecular flexibility index (Phi) is 4.14. The summed E-state index contributed by atoms with van der Waals surface area (Å²) in [6.07, 6.45) is 0. The average Bonchev–Trinajstić information content (AvgIpc) is 2.92. The Bertz CT molecular complexity index is 1050. The summed E-state index contributed by atoms with van der Waals surface area (Å²) in [7, 11) is 1.49. The zero-order chi connectivity index (χ0) is 18.1. The molecule has 0 aliphatic rings. The smallest absolute Gasteiger partial charge is 0.329 e. The standard InChI is InChI=1S/C16H17N5O4/c1-9(14(23)24)17-15-18-12-11(13(22)19-16(25)20(12)2)21(15)8-10-6-4-3-5-7-10/h3-7,9H,8H2,1-2H3,(H,17,18)(H,23,24)(H,19,22,25). The molecule has 3 rings (SSSR count). The van der Waals surface area contributed by atoms with Crippen LogP contribution < -0.4 is 16.6 Å². The number of anilines is 1. The molecular weight excluding hydrogens is 326 g/mol. The van der Waals surface area contributed by atoms with Gasteiger partial charge in [0.2, 0.25) is 5.95 Å². The minimum absolute atomic E-state index is 0.185. The maximum absolute atomic E-state index is 12.3. The molecule has 0 aliphatic carbocycles. The van der Waals surface area contributed by atoms with Crippen LogP contribution in [0, 0.1) is 0 Å². The van der Waals surface area contributed by atoms with Crippen molar-refractivity contribution in [1.82, 2.24) is 19.1 Å². The van der Waals surface area contributed by atoms with E-state index in [4.69, 9.17) is 5.11 Å². The number of nitrogens with one attached hydrogen (secondary N) is 2. The fourth-order valence-electron chi connectivity index (χ4n) is 2.52. The number of hydrogen-bond donors (Lipinski definition) is 3. The van der Waals surface area contributed by atoms with Crippen LogP contribution in [0.15, 0.2) is 39.9 Å². The van der Waals surface area contributed by atoms with E-state index in [0.717, 1.165) is 5.56 Å². The first-order valence-corrected chi connectivity index (χ1v) is 7.61. The molecule has 130 valence electrons. The minimum atomic E-state index is -1.05. The van der Waals surface area contributed by atoms with Gasteiger partial charge in [-0.15, -0.1) is 0 Å². The van der Waals surface area contributed by atoms with Crippen molar-refractivity contribution in [3.63, 3.8) is 0 Å². The topological polar surface area (TPSA) is 122 Å². The lowest BCUT2D eigenvalue weighted by Crippen LogP contribution is -2.29. The number of aromatic nitrogens is 4. The summed E-state index contributed by atoms with van der Waals surface area (Å²) in [5.41, 5.74) is 0.133. The molecular formula is C16H17N5O4. The van der Waals surface area contributed by atoms with Gasteiger partial charge in [-0.05, 0) is 12.5 Å². The highest BCUT2D eigenvalue weighted by atomic mass is 16.4. The molecule has 0 radical (unpaired) electrons. The third-order valence-electron chi connectivity index (χ3n) is 3.91. The number of carbonyl (C=O) groups is 1. The van der Waals surface area contributed by atoms with E-state index in [1.807, 2.05) is 30.3 Å². The highest BCUT2D eigenvalue weighted by Crippen LogP contribution is 2.18. The third-order valence-corrected chi connectivity index (χ3v) is 3.91. The summed E-state index contributed by atoms with van der Waals surface area (Å²) in [6.45, 7) is 1.77. The number of aliphatic carboxylic acids is 1. The monoisotopic (exact) mass is 343 g/mol. The van der Waals surface area contributed by atoms with E-state index in [-0.39, 0.29) is 17.1 Å². The Labute approximate surface area is 141 Å². The van der Waals surface area contributed by atoms with Gasteiger partial charge < -0.3 is 10.4 Å². The summed E-state index contributed by atoms with van der Waals surface area (Å²) in [4.78, 5) is 41.8. The summed E-state index contributed by atoms with van der Waals surface area (Å²) >= 11 is 0. The number of H-pyrrole nitrogens is 1. The Balaban J connectivity index is 2.22. The Morgan fingerprint density at radius 3 is 2.64 bits per heavy atom. The van der Waals surface area contributed by atoms with Crippen LogP contribution in [0.1, 0.15) is 12.5 Å². The average molecular weight is 343 g/mol. The van der Waals surface area contributed by atoms with Gasteiger partial charge in [0.25, 0.3) is 5.56 Å². The van der Waals surface area contributed by atoms with Crippen molar-refractivity contribution in [3.8, 4) is 0 Å². The summed E-state index contributed by atoms with van der Waals surface area (Å²) in [6, 6.07) is 8.45. The quantitative estimate of drug-likeness (QED) is 0.615. The number of benzene rings is 1. The molecule has 0 fully saturated rings. The minimum Gasteiger partial charge on any atom is -0.480 e. The summed E-state index contributed by atoms with van der Waals surface area (Å²) in [5.74, 6) is -0.846. The molecule has 0 bridgehead atoms. The third kappa shape index (κ3) is 3.03. The first kappa shape index (κ1) is 16.5. The molecule has 25 heavy (non-hydrogen) atoms. The number of carboxylic acid groups (broad SMARTS) is 1. The molecule has 1 atom stereocenters. The van der Waals surface area contributed by atoms with Crippen LogP contribution >= 0.6 is 0 Å². The van der Waals surface area contributed by atoms with Crippen LogP contribution in [0.2, 0.25) is 0 Å². The molecule has 9 nitrogen and oxygen atoms in total. The largest absolute Gasteiger partial charge is 0.480 e. The van der Waals surface area contributed by atoms with Crippen molar-refractivity contribution in [2.45, 2.75) is 19.5 Å². The summed E-state index contributed by atoms with van der Waals surface area (Å²) in [5, 5.41) is 11.9. The van der Waals surface area contributed by atoms with E-state index in [9.17, 15) is 14.4 Å². The number of hydrogen-bond acceptors (Lipinski definition) is 5. The van der Waals surface area contributed by atoms with Crippen molar-refractivity contribution < 1.29 is 9.90 Å². The van der Waals surface area contributed by atoms with Gasteiger partial charge in [0, 0.05) is 7.05 Å². The second kappa shape index (κ2) is 6.27. The number of carboxylic acids is 1. The number of rotatable bonds is 5. The highest BCUT2D eigenvalue weighted by Gasteiger charge is 2.20. The molecule has 2 heterocycles. The maximum atomic E-state index is 12.3. The van der Waals surface area contributed by atoms with E-state index in [2.05, 4.69) is 15.3 Å². The van der Waals surface area contributed by atoms with Crippen LogP contribution in [0.5, 0.6) is 0 Å². The molecule has 1 unspecified atom stereocenters. The normalized spacial score (nSPS) is 12.2. The maximum Gasteiger partial charge on any atom is 0.329 e. The van der Waals surface area contributed by atoms with E-state index in [1.165, 1.54) is 18.5 Å². The molecule has 0 spiro atoms. The predicted octanol–water partition coefficient (Wildman–Crippen LogP) is 0.357. The first-order chi connectivity index (χ1) is 11.9. The van der Waals surface area contributed by atoms with Gasteiger partial charge in [0.1, 0.15) is 6.04 Å². The number of imidazole rings is 1. The van der Waals surface area contributed by atoms with E-state index in [0.29, 0.717) is 6.54 Å². The second-order valence-electron chi connectivity index (χ2n) is 5.70. The molecule has 0 saturated heterocycles. The summed E-state index contributed by atoms with van der Waals surface area (Å²) < 4.78 is 2.79. The van der Waals surface area contributed by atoms with Gasteiger partial charge in [-0.2, -0.15) is 4.98 Å². The molecule has 3 aromatic rings. The highest BCUT2D eigenvalue weighted by molar-refractivity contribution is 5.78. The molecule has 0 saturated carbocycles. The lowest BCUT2D eigenvalue weighted by molar-refractivity contribution is -0.137. The van der Waals surface area contributed by atoms with Gasteiger partial charge in [-0.1, -0.05) is 30.3 Å². The lowest BCUT2D eigenvalue weighted by atomic mass is 10.2. The second-order valence-corrected chi connectivity index (χ2v) is 5.70. The van der Waals surface area contributed by atoms with Crippen molar-refractivity contribution >= 4 is 23.1 Å². The van der Waals surface area contributed by atoms with Crippen LogP contribution in [-0.2, 0) is 18.4 Å². The van der Waals surface area contributed by atoms with Crippen molar-refractivity contribution in [2.24, 2.45) is 7.05 Å². The van der Waals surface area contributed by atoms with E-state index >= 15 is 0 Å². The predicted molar refractivity (Wildman–Crippen MR) is 91.9 cm³/mol. The zero-order valence-electron chi connectivity index (χ0n) is 13.7. The van der Waals surface area contributed by atoms with Crippen LogP contribution in [0.25, 0.3) is 11.2 Å². The lowest BCUT2D eigenvalue weighted by Gasteiger charge is -2.13. The van der Waals surface area contributed by atoms with Crippen molar-refractivity contribution in [3.05, 3.63) is 56.7 Å². The molecule has 1 aromatic carbocycles. The fourth-order valence-corrected chi connectivity index (χ4v) is 2.52. The van der Waals surface area contributed by atoms with Crippen LogP contribution in [-0.4, -0.2) is 36.2 Å². The van der Waals surface area contributed by atoms with Gasteiger partial charge in [0.15, 0.2) is 11.2 Å². The molecule has 2 aromatic heterocycles. The van der Waals surface area contributed by atoms with Crippen molar-refractivity contribution in [2.75, 3.05) is 5.32 Å². The number of aryl methyl sites for hydroxylation is 1. The molecule has 0 amide bonds. The zero-order valence-corrected chi connectivity index (χ0v) is 13.7. The van der Waals surface area contributed by atoms with Gasteiger partial charge in [0.05, 0.1) is 6.54 Å². The number of fused-ring (bicyclic) bond motifs is 1. The Morgan fingerprint density at radius 2 is 2.00 bits per heavy atom. The van der Waals surface area contributed by atoms with E-state index < -0.39 is 23.3 Å². The molecule has 9 heteroatoms. The number of aromatic amines is 1. The van der Waals surface area contributed by atoms with E-state index in [1.54, 1.807) is 4.57 Å². The van der Waals surface area contributed by atoms with Gasteiger partial charge in [-0.3, -0.25) is 23.7 Å². The Hall–Kier alpha value is -3.36. The van der Waals surface area contributed by atoms with Crippen molar-refractivity contribution in [1.29, 1.82) is 0 Å². The van der Waals surface area contributed by atoms with Gasteiger partial charge in [-0.25, -0.2) is 4.79 Å². The van der Waals surface area contributed by atoms with Crippen LogP contribution in [0.3, 0.4) is 0 Å². The SMILES string of the molecule is CC(Nc1nc2c(c(=O)[nH]c(=O)n2C)n1Cc1ccccc1)C(=O)O. The Morgan fingerprint density at radius 1 is 1.32 bits per heavy atom. The first-order valence-electron chi connectivity index (χ1n) is 7.61. The number of nitrogens with zero attached hydrogens (tertiary/aromatic N) is 3. The fraction of sp³-hybridized carbons (Fsp3) is 0.250. The van der Waals surface area contributed by atoms with Gasteiger partial charge >= 0.3 is 11.7 Å². The molecule has 3 N–H and O–H groups in total. The van der Waals surface area contributed by atoms with Crippen LogP contribution in [0.4, 0.5) is 5.95 Å².